The molecule has 2 aromatic rings. The monoisotopic (exact) mass is 552 g/mol. The summed E-state index contributed by atoms with van der Waals surface area (Å²) in [5.74, 6) is -2.38. The first-order valence-corrected chi connectivity index (χ1v) is 13.5. The van der Waals surface area contributed by atoms with Crippen molar-refractivity contribution in [2.24, 2.45) is 10.8 Å². The lowest BCUT2D eigenvalue weighted by Crippen LogP contribution is -2.30. The standard InChI is InChI=1S/C31H40N2O7/c1-30(2,28(39)32-23-13-9-11-21(19-23)26(35)36)17-7-5-15-25(34)16-6-8-18-31(3,4)29(40)33-24-14-10-12-22(20-24)27(37)38/h9-14,19-20H,5-8,15-18H2,1-4H3,(H,32,39)(H,33,40)(H,35,36)(H,37,38). The molecule has 0 atom stereocenters. The SMILES string of the molecule is CC(C)(CCCCC(=O)CCCCC(C)(C)C(=O)Nc1cccc(C(=O)O)c1)C(=O)Nc1cccc(C(=O)O)c1. The molecule has 4 N–H and O–H groups in total. The third-order valence-corrected chi connectivity index (χ3v) is 6.98. The highest BCUT2D eigenvalue weighted by molar-refractivity contribution is 5.97. The average Bonchev–Trinajstić information content (AvgIpc) is 2.89. The Hall–Kier alpha value is -4.01. The quantitative estimate of drug-likeness (QED) is 0.176. The van der Waals surface area contributed by atoms with Crippen molar-refractivity contribution in [3.05, 3.63) is 59.7 Å². The van der Waals surface area contributed by atoms with Gasteiger partial charge in [0.1, 0.15) is 5.78 Å². The first-order valence-electron chi connectivity index (χ1n) is 13.5. The number of unbranched alkanes of at least 4 members (excludes halogenated alkanes) is 2. The minimum atomic E-state index is -1.06. The second-order valence-electron chi connectivity index (χ2n) is 11.4. The van der Waals surface area contributed by atoms with Gasteiger partial charge in [-0.15, -0.1) is 0 Å². The van der Waals surface area contributed by atoms with Gasteiger partial charge in [-0.3, -0.25) is 14.4 Å². The van der Waals surface area contributed by atoms with Crippen LogP contribution in [-0.4, -0.2) is 39.7 Å². The fraction of sp³-hybridized carbons (Fsp3) is 0.452. The highest BCUT2D eigenvalue weighted by Gasteiger charge is 2.28. The first-order chi connectivity index (χ1) is 18.7. The number of rotatable bonds is 16. The molecular weight excluding hydrogens is 512 g/mol. The van der Waals surface area contributed by atoms with Crippen LogP contribution in [0.15, 0.2) is 48.5 Å². The van der Waals surface area contributed by atoms with E-state index in [0.29, 0.717) is 62.7 Å². The smallest absolute Gasteiger partial charge is 0.335 e. The van der Waals surface area contributed by atoms with E-state index in [1.165, 1.54) is 24.3 Å². The van der Waals surface area contributed by atoms with E-state index in [0.717, 1.165) is 0 Å². The van der Waals surface area contributed by atoms with Crippen LogP contribution in [0.5, 0.6) is 0 Å². The molecule has 2 aromatic carbocycles. The Bertz CT molecular complexity index is 1140. The Morgan fingerprint density at radius 2 is 1.00 bits per heavy atom. The van der Waals surface area contributed by atoms with Crippen molar-refractivity contribution in [1.29, 1.82) is 0 Å². The van der Waals surface area contributed by atoms with Crippen LogP contribution in [0.3, 0.4) is 0 Å². The number of ketones is 1. The van der Waals surface area contributed by atoms with Crippen molar-refractivity contribution in [1.82, 2.24) is 0 Å². The fourth-order valence-electron chi connectivity index (χ4n) is 4.19. The molecule has 0 aliphatic rings. The molecular formula is C31H40N2O7. The van der Waals surface area contributed by atoms with E-state index in [1.54, 1.807) is 24.3 Å². The van der Waals surface area contributed by atoms with Crippen LogP contribution in [0, 0.1) is 10.8 Å². The maximum absolute atomic E-state index is 12.7. The van der Waals surface area contributed by atoms with Gasteiger partial charge in [0, 0.05) is 35.0 Å². The van der Waals surface area contributed by atoms with E-state index in [4.69, 9.17) is 10.2 Å². The van der Waals surface area contributed by atoms with Crippen molar-refractivity contribution in [3.8, 4) is 0 Å². The maximum atomic E-state index is 12.7. The largest absolute Gasteiger partial charge is 0.478 e. The highest BCUT2D eigenvalue weighted by atomic mass is 16.4. The van der Waals surface area contributed by atoms with Crippen molar-refractivity contribution in [2.75, 3.05) is 10.6 Å². The number of hydrogen-bond donors (Lipinski definition) is 4. The number of benzene rings is 2. The number of carboxylic acid groups (broad SMARTS) is 2. The summed E-state index contributed by atoms with van der Waals surface area (Å²) in [5, 5.41) is 23.8. The zero-order valence-corrected chi connectivity index (χ0v) is 23.7. The number of anilines is 2. The molecule has 0 aromatic heterocycles. The van der Waals surface area contributed by atoms with E-state index in [1.807, 2.05) is 27.7 Å². The van der Waals surface area contributed by atoms with E-state index in [-0.39, 0.29) is 28.7 Å². The van der Waals surface area contributed by atoms with Gasteiger partial charge in [0.25, 0.3) is 0 Å². The fourth-order valence-corrected chi connectivity index (χ4v) is 4.19. The van der Waals surface area contributed by atoms with E-state index >= 15 is 0 Å². The molecule has 9 nitrogen and oxygen atoms in total. The van der Waals surface area contributed by atoms with Crippen LogP contribution >= 0.6 is 0 Å². The third-order valence-electron chi connectivity index (χ3n) is 6.98. The molecule has 2 amide bonds. The summed E-state index contributed by atoms with van der Waals surface area (Å²) in [7, 11) is 0. The van der Waals surface area contributed by atoms with Gasteiger partial charge in [0.2, 0.25) is 11.8 Å². The van der Waals surface area contributed by atoms with Crippen molar-refractivity contribution in [2.45, 2.75) is 79.1 Å². The zero-order valence-electron chi connectivity index (χ0n) is 23.7. The van der Waals surface area contributed by atoms with E-state index in [9.17, 15) is 24.0 Å². The predicted molar refractivity (Wildman–Crippen MR) is 154 cm³/mol. The molecule has 0 aliphatic heterocycles. The second-order valence-corrected chi connectivity index (χ2v) is 11.4. The molecule has 0 bridgehead atoms. The van der Waals surface area contributed by atoms with Gasteiger partial charge in [-0.05, 0) is 62.1 Å². The summed E-state index contributed by atoms with van der Waals surface area (Å²) in [5.41, 5.74) is -0.289. The Labute approximate surface area is 235 Å². The number of carbonyl (C=O) groups excluding carboxylic acids is 3. The molecule has 9 heteroatoms. The topological polar surface area (TPSA) is 150 Å². The molecule has 0 aliphatic carbocycles. The molecule has 0 saturated heterocycles. The summed E-state index contributed by atoms with van der Waals surface area (Å²) in [4.78, 5) is 60.1. The molecule has 0 saturated carbocycles. The van der Waals surface area contributed by atoms with Crippen molar-refractivity contribution >= 4 is 40.9 Å². The number of nitrogens with one attached hydrogen (secondary N) is 2. The second kappa shape index (κ2) is 14.4. The normalized spacial score (nSPS) is 11.5. The summed E-state index contributed by atoms with van der Waals surface area (Å²) in [6, 6.07) is 12.2. The third kappa shape index (κ3) is 10.3. The Kier molecular flexibility index (Phi) is 11.6. The van der Waals surface area contributed by atoms with Gasteiger partial charge >= 0.3 is 11.9 Å². The number of carbonyl (C=O) groups is 5. The lowest BCUT2D eigenvalue weighted by Gasteiger charge is -2.24. The van der Waals surface area contributed by atoms with Gasteiger partial charge in [-0.2, -0.15) is 0 Å². The van der Waals surface area contributed by atoms with Gasteiger partial charge in [-0.1, -0.05) is 52.7 Å². The van der Waals surface area contributed by atoms with Gasteiger partial charge < -0.3 is 20.8 Å². The molecule has 0 spiro atoms. The van der Waals surface area contributed by atoms with Crippen molar-refractivity contribution < 1.29 is 34.2 Å². The molecule has 216 valence electrons. The Balaban J connectivity index is 1.67. The number of aromatic carboxylic acids is 2. The lowest BCUT2D eigenvalue weighted by molar-refractivity contribution is -0.125. The van der Waals surface area contributed by atoms with Gasteiger partial charge in [0.15, 0.2) is 0 Å². The zero-order chi connectivity index (χ0) is 29.9. The maximum Gasteiger partial charge on any atom is 0.335 e. The minimum absolute atomic E-state index is 0.101. The summed E-state index contributed by atoms with van der Waals surface area (Å²) < 4.78 is 0. The summed E-state index contributed by atoms with van der Waals surface area (Å²) >= 11 is 0. The highest BCUT2D eigenvalue weighted by Crippen LogP contribution is 2.28. The van der Waals surface area contributed by atoms with E-state index in [2.05, 4.69) is 10.6 Å². The summed E-state index contributed by atoms with van der Waals surface area (Å²) in [6.45, 7) is 7.30. The number of amides is 2. The van der Waals surface area contributed by atoms with Crippen LogP contribution in [0.2, 0.25) is 0 Å². The van der Waals surface area contributed by atoms with Crippen LogP contribution in [0.4, 0.5) is 11.4 Å². The number of carboxylic acids is 2. The number of Topliss-reactive ketones (excluding diaryl/α,β-unsaturated/α-hetero) is 1. The lowest BCUT2D eigenvalue weighted by atomic mass is 9.85. The minimum Gasteiger partial charge on any atom is -0.478 e. The van der Waals surface area contributed by atoms with Crippen LogP contribution in [0.1, 0.15) is 99.8 Å². The molecule has 0 fully saturated rings. The first kappa shape index (κ1) is 32.2. The van der Waals surface area contributed by atoms with Gasteiger partial charge in [-0.25, -0.2) is 9.59 Å². The average molecular weight is 553 g/mol. The molecule has 40 heavy (non-hydrogen) atoms. The van der Waals surface area contributed by atoms with Crippen LogP contribution < -0.4 is 10.6 Å². The Morgan fingerprint density at radius 1 is 0.625 bits per heavy atom. The predicted octanol–water partition coefficient (Wildman–Crippen LogP) is 6.40. The van der Waals surface area contributed by atoms with Crippen LogP contribution in [-0.2, 0) is 14.4 Å². The van der Waals surface area contributed by atoms with E-state index < -0.39 is 22.8 Å². The summed E-state index contributed by atoms with van der Waals surface area (Å²) in [6.07, 6.45) is 4.80. The van der Waals surface area contributed by atoms with Crippen LogP contribution in [0.25, 0.3) is 0 Å². The molecule has 0 unspecified atom stereocenters. The molecule has 2 rings (SSSR count). The number of hydrogen-bond acceptors (Lipinski definition) is 5. The van der Waals surface area contributed by atoms with Crippen molar-refractivity contribution in [3.63, 3.8) is 0 Å². The van der Waals surface area contributed by atoms with Gasteiger partial charge in [0.05, 0.1) is 11.1 Å². The molecule has 0 heterocycles. The Morgan fingerprint density at radius 3 is 1.35 bits per heavy atom. The molecule has 0 radical (unpaired) electrons.